The number of nitrogens with one attached hydrogen (secondary N) is 1. The number of hydrogen-bond donors (Lipinski definition) is 1. The number of halogens is 1. The molecule has 0 aliphatic carbocycles. The van der Waals surface area contributed by atoms with E-state index in [0.717, 1.165) is 25.7 Å². The Labute approximate surface area is 122 Å². The third-order valence-corrected chi connectivity index (χ3v) is 5.72. The van der Waals surface area contributed by atoms with Crippen LogP contribution in [-0.4, -0.2) is 55.3 Å². The molecule has 1 aliphatic heterocycles. The van der Waals surface area contributed by atoms with Gasteiger partial charge in [0.05, 0.1) is 13.2 Å². The summed E-state index contributed by atoms with van der Waals surface area (Å²) in [5.74, 6) is 0. The predicted octanol–water partition coefficient (Wildman–Crippen LogP) is -3.48. The molecule has 0 spiro atoms. The quantitative estimate of drug-likeness (QED) is 0.371. The molecule has 7 heteroatoms. The monoisotopic (exact) mass is 374 g/mol. The summed E-state index contributed by atoms with van der Waals surface area (Å²) in [6.07, 6.45) is 5.33. The highest BCUT2D eigenvalue weighted by Crippen LogP contribution is 2.15. The Morgan fingerprint density at radius 1 is 1.24 bits per heavy atom. The van der Waals surface area contributed by atoms with Gasteiger partial charge in [-0.3, -0.25) is 4.90 Å². The third kappa shape index (κ3) is 5.22. The minimum absolute atomic E-state index is 0. The molecule has 0 saturated heterocycles. The van der Waals surface area contributed by atoms with Crippen molar-refractivity contribution in [3.63, 3.8) is 0 Å². The van der Waals surface area contributed by atoms with Gasteiger partial charge in [0.15, 0.2) is 6.67 Å². The van der Waals surface area contributed by atoms with E-state index in [4.69, 9.17) is 13.3 Å². The van der Waals surface area contributed by atoms with Crippen molar-refractivity contribution in [1.29, 1.82) is 0 Å². The Morgan fingerprint density at radius 2 is 1.82 bits per heavy atom. The fourth-order valence-corrected chi connectivity index (χ4v) is 3.57. The minimum atomic E-state index is -2.36. The molecular weight excluding hydrogens is 351 g/mol. The molecule has 17 heavy (non-hydrogen) atoms. The Morgan fingerprint density at radius 3 is 2.24 bits per heavy atom. The van der Waals surface area contributed by atoms with Gasteiger partial charge in [0, 0.05) is 33.9 Å². The molecule has 102 valence electrons. The van der Waals surface area contributed by atoms with Gasteiger partial charge in [0.1, 0.15) is 6.20 Å². The molecule has 0 aromatic carbocycles. The van der Waals surface area contributed by atoms with E-state index in [1.807, 2.05) is 0 Å². The Bertz CT molecular complexity index is 231. The molecule has 1 unspecified atom stereocenters. The predicted molar refractivity (Wildman–Crippen MR) is 63.8 cm³/mol. The van der Waals surface area contributed by atoms with Gasteiger partial charge in [-0.2, -0.15) is 0 Å². The Hall–Kier alpha value is 0.327. The summed E-state index contributed by atoms with van der Waals surface area (Å²) in [6.45, 7) is 2.07. The lowest BCUT2D eigenvalue weighted by molar-refractivity contribution is -0.826. The van der Waals surface area contributed by atoms with Gasteiger partial charge in [0.2, 0.25) is 0 Å². The van der Waals surface area contributed by atoms with Gasteiger partial charge in [-0.25, -0.2) is 0 Å². The Kier molecular flexibility index (Phi) is 8.59. The number of rotatable bonds is 7. The van der Waals surface area contributed by atoms with E-state index in [1.54, 1.807) is 21.3 Å². The van der Waals surface area contributed by atoms with Crippen molar-refractivity contribution >= 4 is 8.80 Å². The van der Waals surface area contributed by atoms with Crippen molar-refractivity contribution in [2.24, 2.45) is 0 Å². The van der Waals surface area contributed by atoms with Crippen molar-refractivity contribution in [2.45, 2.75) is 12.5 Å². The van der Waals surface area contributed by atoms with Crippen LogP contribution in [0.25, 0.3) is 0 Å². The van der Waals surface area contributed by atoms with Crippen LogP contribution in [0.4, 0.5) is 0 Å². The van der Waals surface area contributed by atoms with Crippen LogP contribution in [0.3, 0.4) is 0 Å². The van der Waals surface area contributed by atoms with Crippen LogP contribution >= 0.6 is 0 Å². The van der Waals surface area contributed by atoms with Gasteiger partial charge in [-0.05, 0) is 6.42 Å². The average Bonchev–Trinajstić information content (AvgIpc) is 2.71. The van der Waals surface area contributed by atoms with Gasteiger partial charge >= 0.3 is 8.80 Å². The SMILES string of the molecule is CO[Si](CCCN1C=C[NH+](C)C1)(OC)OC.[I-]. The molecule has 1 heterocycles. The topological polar surface area (TPSA) is 35.4 Å². The summed E-state index contributed by atoms with van der Waals surface area (Å²) >= 11 is 0. The normalized spacial score (nSPS) is 19.5. The van der Waals surface area contributed by atoms with Crippen molar-refractivity contribution in [3.05, 3.63) is 12.4 Å². The van der Waals surface area contributed by atoms with E-state index in [-0.39, 0.29) is 24.0 Å². The number of nitrogens with zero attached hydrogens (tertiary/aromatic N) is 1. The maximum absolute atomic E-state index is 5.37. The van der Waals surface area contributed by atoms with E-state index in [9.17, 15) is 0 Å². The van der Waals surface area contributed by atoms with Crippen LogP contribution < -0.4 is 28.9 Å². The minimum Gasteiger partial charge on any atom is -1.00 e. The molecule has 0 bridgehead atoms. The average molecular weight is 374 g/mol. The zero-order chi connectivity index (χ0) is 12.0. The molecule has 1 aliphatic rings. The molecular formula is C10H23IN2O3Si. The summed E-state index contributed by atoms with van der Waals surface area (Å²) in [6, 6.07) is 0.861. The molecule has 0 amide bonds. The van der Waals surface area contributed by atoms with Crippen molar-refractivity contribution in [3.8, 4) is 0 Å². The molecule has 1 N–H and O–H groups in total. The smallest absolute Gasteiger partial charge is 0.500 e. The highest BCUT2D eigenvalue weighted by Gasteiger charge is 2.37. The Balaban J connectivity index is 0.00000256. The first kappa shape index (κ1) is 17.3. The molecule has 0 aromatic heterocycles. The highest BCUT2D eigenvalue weighted by molar-refractivity contribution is 6.60. The lowest BCUT2D eigenvalue weighted by atomic mass is 10.4. The van der Waals surface area contributed by atoms with Crippen LogP contribution in [-0.2, 0) is 13.3 Å². The summed E-state index contributed by atoms with van der Waals surface area (Å²) in [4.78, 5) is 3.71. The lowest BCUT2D eigenvalue weighted by Gasteiger charge is -2.25. The van der Waals surface area contributed by atoms with E-state index in [0.29, 0.717) is 0 Å². The summed E-state index contributed by atoms with van der Waals surface area (Å²) in [5, 5.41) is 0. The lowest BCUT2D eigenvalue weighted by Crippen LogP contribution is -3.03. The van der Waals surface area contributed by atoms with Crippen molar-refractivity contribution in [2.75, 3.05) is 41.6 Å². The molecule has 5 nitrogen and oxygen atoms in total. The molecule has 1 rings (SSSR count). The summed E-state index contributed by atoms with van der Waals surface area (Å²) in [5.41, 5.74) is 0. The maximum Gasteiger partial charge on any atom is 0.500 e. The molecule has 0 saturated carbocycles. The van der Waals surface area contributed by atoms with Crippen molar-refractivity contribution < 1.29 is 42.2 Å². The second-order valence-corrected chi connectivity index (χ2v) is 7.12. The largest absolute Gasteiger partial charge is 1.00 e. The van der Waals surface area contributed by atoms with Gasteiger partial charge in [-0.1, -0.05) is 0 Å². The van der Waals surface area contributed by atoms with Crippen LogP contribution in [0.15, 0.2) is 12.4 Å². The molecule has 0 aromatic rings. The first-order valence-corrected chi connectivity index (χ1v) is 7.49. The molecule has 0 fully saturated rings. The zero-order valence-electron chi connectivity index (χ0n) is 11.0. The van der Waals surface area contributed by atoms with E-state index in [1.165, 1.54) is 4.90 Å². The number of hydrogen-bond acceptors (Lipinski definition) is 4. The highest BCUT2D eigenvalue weighted by atomic mass is 127. The second-order valence-electron chi connectivity index (χ2n) is 4.03. The van der Waals surface area contributed by atoms with Gasteiger partial charge in [-0.15, -0.1) is 0 Å². The number of quaternary nitrogens is 1. The fourth-order valence-electron chi connectivity index (χ4n) is 1.87. The third-order valence-electron chi connectivity index (χ3n) is 2.88. The second kappa shape index (κ2) is 8.43. The molecule has 1 atom stereocenters. The first-order chi connectivity index (χ1) is 7.65. The van der Waals surface area contributed by atoms with Crippen LogP contribution in [0.5, 0.6) is 0 Å². The standard InChI is InChI=1S/C10H22N2O3Si.HI/c1-11-7-8-12(10-11)6-5-9-16(13-2,14-3)15-4;/h7-8H,5-6,9-10H2,1-4H3;1H. The van der Waals surface area contributed by atoms with Crippen LogP contribution in [0.1, 0.15) is 6.42 Å². The van der Waals surface area contributed by atoms with E-state index >= 15 is 0 Å². The fraction of sp³-hybridized carbons (Fsp3) is 0.800. The van der Waals surface area contributed by atoms with Crippen LogP contribution in [0, 0.1) is 0 Å². The van der Waals surface area contributed by atoms with Crippen molar-refractivity contribution in [1.82, 2.24) is 4.90 Å². The molecule has 0 radical (unpaired) electrons. The van der Waals surface area contributed by atoms with Crippen LogP contribution in [0.2, 0.25) is 6.04 Å². The van der Waals surface area contributed by atoms with Gasteiger partial charge in [0.25, 0.3) is 0 Å². The van der Waals surface area contributed by atoms with Gasteiger partial charge < -0.3 is 42.2 Å². The summed E-state index contributed by atoms with van der Waals surface area (Å²) < 4.78 is 16.1. The maximum atomic E-state index is 5.37. The summed E-state index contributed by atoms with van der Waals surface area (Å²) in [7, 11) is 4.76. The zero-order valence-corrected chi connectivity index (χ0v) is 14.2. The van der Waals surface area contributed by atoms with E-state index in [2.05, 4.69) is 24.3 Å². The first-order valence-electron chi connectivity index (χ1n) is 5.56. The van der Waals surface area contributed by atoms with E-state index < -0.39 is 8.80 Å².